The first-order valence-corrected chi connectivity index (χ1v) is 8.63. The summed E-state index contributed by atoms with van der Waals surface area (Å²) >= 11 is 0. The molecule has 132 valence electrons. The molecule has 1 fully saturated rings. The average molecular weight is 339 g/mol. The first kappa shape index (κ1) is 17.2. The van der Waals surface area contributed by atoms with Crippen molar-refractivity contribution in [2.24, 2.45) is 0 Å². The summed E-state index contributed by atoms with van der Waals surface area (Å²) in [4.78, 5) is 25.5. The number of hydrogen-bond donors (Lipinski definition) is 1. The number of benzene rings is 1. The molecule has 1 aromatic carbocycles. The zero-order chi connectivity index (χ0) is 17.9. The van der Waals surface area contributed by atoms with E-state index in [1.807, 2.05) is 43.9 Å². The Hall–Kier alpha value is -2.63. The standard InChI is InChI=1S/C19H25N5O/c1-19(2,3)22-18-20-10-9-16(21-18)17(25)24-13-11-23(12-14-24)15-7-5-4-6-8-15/h4-10H,11-14H2,1-3H3,(H,20,21,22). The molecule has 0 bridgehead atoms. The highest BCUT2D eigenvalue weighted by atomic mass is 16.2. The van der Waals surface area contributed by atoms with Crippen LogP contribution in [0.1, 0.15) is 31.3 Å². The van der Waals surface area contributed by atoms with Gasteiger partial charge in [-0.3, -0.25) is 4.79 Å². The summed E-state index contributed by atoms with van der Waals surface area (Å²) in [7, 11) is 0. The Bertz CT molecular complexity index is 718. The van der Waals surface area contributed by atoms with Gasteiger partial charge in [0.05, 0.1) is 0 Å². The minimum absolute atomic E-state index is 0.0351. The number of carbonyl (C=O) groups is 1. The van der Waals surface area contributed by atoms with E-state index in [9.17, 15) is 4.79 Å². The molecule has 0 aliphatic carbocycles. The second-order valence-electron chi connectivity index (χ2n) is 7.26. The number of nitrogens with zero attached hydrogens (tertiary/aromatic N) is 4. The zero-order valence-corrected chi connectivity index (χ0v) is 15.1. The van der Waals surface area contributed by atoms with Crippen LogP contribution in [0.25, 0.3) is 0 Å². The van der Waals surface area contributed by atoms with Gasteiger partial charge >= 0.3 is 0 Å². The molecule has 1 amide bonds. The third-order valence-electron chi connectivity index (χ3n) is 4.05. The highest BCUT2D eigenvalue weighted by Crippen LogP contribution is 2.17. The minimum Gasteiger partial charge on any atom is -0.368 e. The van der Waals surface area contributed by atoms with Crippen molar-refractivity contribution >= 4 is 17.5 Å². The lowest BCUT2D eigenvalue weighted by atomic mass is 10.1. The van der Waals surface area contributed by atoms with E-state index in [0.29, 0.717) is 24.7 Å². The van der Waals surface area contributed by atoms with Crippen LogP contribution in [-0.2, 0) is 0 Å². The number of anilines is 2. The molecule has 6 heteroatoms. The Morgan fingerprint density at radius 1 is 1.04 bits per heavy atom. The Kier molecular flexibility index (Phi) is 4.88. The van der Waals surface area contributed by atoms with Gasteiger partial charge in [-0.05, 0) is 39.0 Å². The third kappa shape index (κ3) is 4.47. The lowest BCUT2D eigenvalue weighted by Crippen LogP contribution is -2.49. The summed E-state index contributed by atoms with van der Waals surface area (Å²) in [6.45, 7) is 9.15. The predicted octanol–water partition coefficient (Wildman–Crippen LogP) is 2.65. The number of aromatic nitrogens is 2. The van der Waals surface area contributed by atoms with Gasteiger partial charge in [-0.25, -0.2) is 9.97 Å². The summed E-state index contributed by atoms with van der Waals surface area (Å²) in [5, 5.41) is 3.21. The summed E-state index contributed by atoms with van der Waals surface area (Å²) in [6.07, 6.45) is 1.63. The van der Waals surface area contributed by atoms with Crippen molar-refractivity contribution in [2.45, 2.75) is 26.3 Å². The minimum atomic E-state index is -0.150. The van der Waals surface area contributed by atoms with E-state index >= 15 is 0 Å². The van der Waals surface area contributed by atoms with E-state index in [1.165, 1.54) is 5.69 Å². The molecule has 2 aromatic rings. The Morgan fingerprint density at radius 3 is 2.36 bits per heavy atom. The number of hydrogen-bond acceptors (Lipinski definition) is 5. The fourth-order valence-corrected chi connectivity index (χ4v) is 2.84. The maximum atomic E-state index is 12.8. The second kappa shape index (κ2) is 7.09. The van der Waals surface area contributed by atoms with Crippen LogP contribution < -0.4 is 10.2 Å². The molecule has 1 N–H and O–H groups in total. The first-order valence-electron chi connectivity index (χ1n) is 8.63. The van der Waals surface area contributed by atoms with Crippen molar-refractivity contribution in [3.8, 4) is 0 Å². The van der Waals surface area contributed by atoms with E-state index in [4.69, 9.17) is 0 Å². The van der Waals surface area contributed by atoms with Crippen molar-refractivity contribution in [2.75, 3.05) is 36.4 Å². The van der Waals surface area contributed by atoms with Gasteiger partial charge in [0.15, 0.2) is 0 Å². The summed E-state index contributed by atoms with van der Waals surface area (Å²) in [6, 6.07) is 12.0. The van der Waals surface area contributed by atoms with Gasteiger partial charge in [-0.2, -0.15) is 0 Å². The molecule has 1 aliphatic rings. The van der Waals surface area contributed by atoms with Gasteiger partial charge in [0.25, 0.3) is 5.91 Å². The van der Waals surface area contributed by atoms with E-state index in [1.54, 1.807) is 12.3 Å². The molecular weight excluding hydrogens is 314 g/mol. The molecule has 25 heavy (non-hydrogen) atoms. The van der Waals surface area contributed by atoms with Crippen LogP contribution in [0.2, 0.25) is 0 Å². The number of rotatable bonds is 3. The number of amides is 1. The van der Waals surface area contributed by atoms with E-state index < -0.39 is 0 Å². The van der Waals surface area contributed by atoms with Gasteiger partial charge in [0.2, 0.25) is 5.95 Å². The summed E-state index contributed by atoms with van der Waals surface area (Å²) in [5.74, 6) is 0.452. The molecular formula is C19H25N5O. The van der Waals surface area contributed by atoms with Crippen molar-refractivity contribution < 1.29 is 4.79 Å². The molecule has 6 nitrogen and oxygen atoms in total. The van der Waals surface area contributed by atoms with Gasteiger partial charge in [-0.15, -0.1) is 0 Å². The second-order valence-corrected chi connectivity index (χ2v) is 7.26. The number of carbonyl (C=O) groups excluding carboxylic acids is 1. The number of piperazine rings is 1. The number of nitrogens with one attached hydrogen (secondary N) is 1. The van der Waals surface area contributed by atoms with Crippen LogP contribution in [0, 0.1) is 0 Å². The van der Waals surface area contributed by atoms with Crippen LogP contribution in [0.3, 0.4) is 0 Å². The normalized spacial score (nSPS) is 15.2. The SMILES string of the molecule is CC(C)(C)Nc1nccc(C(=O)N2CCN(c3ccccc3)CC2)n1. The van der Waals surface area contributed by atoms with Gasteiger partial charge < -0.3 is 15.1 Å². The average Bonchev–Trinajstić information content (AvgIpc) is 2.61. The van der Waals surface area contributed by atoms with Crippen LogP contribution in [-0.4, -0.2) is 52.5 Å². The molecule has 1 saturated heterocycles. The summed E-state index contributed by atoms with van der Waals surface area (Å²) in [5.41, 5.74) is 1.49. The van der Waals surface area contributed by atoms with E-state index in [0.717, 1.165) is 13.1 Å². The molecule has 0 atom stereocenters. The molecule has 0 unspecified atom stereocenters. The molecule has 0 radical (unpaired) electrons. The van der Waals surface area contributed by atoms with E-state index in [2.05, 4.69) is 32.3 Å². The highest BCUT2D eigenvalue weighted by Gasteiger charge is 2.23. The van der Waals surface area contributed by atoms with Crippen LogP contribution >= 0.6 is 0 Å². The largest absolute Gasteiger partial charge is 0.368 e. The molecule has 1 aliphatic heterocycles. The van der Waals surface area contributed by atoms with Crippen LogP contribution in [0.5, 0.6) is 0 Å². The van der Waals surface area contributed by atoms with Gasteiger partial charge in [0, 0.05) is 43.6 Å². The smallest absolute Gasteiger partial charge is 0.272 e. The predicted molar refractivity (Wildman–Crippen MR) is 100.0 cm³/mol. The quantitative estimate of drug-likeness (QED) is 0.931. The molecule has 3 rings (SSSR count). The molecule has 2 heterocycles. The summed E-state index contributed by atoms with van der Waals surface area (Å²) < 4.78 is 0. The van der Waals surface area contributed by atoms with Crippen molar-refractivity contribution in [1.82, 2.24) is 14.9 Å². The molecule has 0 spiro atoms. The third-order valence-corrected chi connectivity index (χ3v) is 4.05. The van der Waals surface area contributed by atoms with Gasteiger partial charge in [0.1, 0.15) is 5.69 Å². The fraction of sp³-hybridized carbons (Fsp3) is 0.421. The number of para-hydroxylation sites is 1. The Balaban J connectivity index is 1.64. The first-order chi connectivity index (χ1) is 11.9. The van der Waals surface area contributed by atoms with Crippen molar-refractivity contribution in [3.63, 3.8) is 0 Å². The topological polar surface area (TPSA) is 61.4 Å². The van der Waals surface area contributed by atoms with E-state index in [-0.39, 0.29) is 11.4 Å². The fourth-order valence-electron chi connectivity index (χ4n) is 2.84. The molecule has 1 aromatic heterocycles. The van der Waals surface area contributed by atoms with Crippen LogP contribution in [0.4, 0.5) is 11.6 Å². The monoisotopic (exact) mass is 339 g/mol. The molecule has 0 saturated carbocycles. The highest BCUT2D eigenvalue weighted by molar-refractivity contribution is 5.92. The zero-order valence-electron chi connectivity index (χ0n) is 15.1. The van der Waals surface area contributed by atoms with Crippen molar-refractivity contribution in [1.29, 1.82) is 0 Å². The van der Waals surface area contributed by atoms with Gasteiger partial charge in [-0.1, -0.05) is 18.2 Å². The lowest BCUT2D eigenvalue weighted by molar-refractivity contribution is 0.0740. The Labute approximate surface area is 148 Å². The van der Waals surface area contributed by atoms with Crippen LogP contribution in [0.15, 0.2) is 42.6 Å². The van der Waals surface area contributed by atoms with Crippen molar-refractivity contribution in [3.05, 3.63) is 48.3 Å². The Morgan fingerprint density at radius 2 is 1.72 bits per heavy atom. The lowest BCUT2D eigenvalue weighted by Gasteiger charge is -2.36. The maximum Gasteiger partial charge on any atom is 0.272 e. The maximum absolute atomic E-state index is 12.8.